The fourth-order valence-corrected chi connectivity index (χ4v) is 1.54. The zero-order valence-corrected chi connectivity index (χ0v) is 10.0. The number of para-hydroxylation sites is 1. The highest BCUT2D eigenvalue weighted by Crippen LogP contribution is 2.36. The predicted octanol–water partition coefficient (Wildman–Crippen LogP) is 3.92. The molecule has 2 aromatic carbocycles. The first-order chi connectivity index (χ1) is 9.59. The standard InChI is InChI=1S/C12H8N4O4/c17-15(18)11-8-4-7-10(12(11)16(19)20)14-13-9-5-2-1-3-6-9/h1-8H. The van der Waals surface area contributed by atoms with Gasteiger partial charge in [0.05, 0.1) is 15.5 Å². The van der Waals surface area contributed by atoms with E-state index in [4.69, 9.17) is 0 Å². The molecule has 8 nitrogen and oxygen atoms in total. The Morgan fingerprint density at radius 2 is 1.50 bits per heavy atom. The zero-order chi connectivity index (χ0) is 14.5. The van der Waals surface area contributed by atoms with Crippen molar-refractivity contribution in [2.45, 2.75) is 0 Å². The Balaban J connectivity index is 2.47. The summed E-state index contributed by atoms with van der Waals surface area (Å²) in [6.45, 7) is 0. The van der Waals surface area contributed by atoms with Gasteiger partial charge in [0.2, 0.25) is 0 Å². The van der Waals surface area contributed by atoms with E-state index in [1.165, 1.54) is 12.1 Å². The number of azo groups is 1. The molecule has 0 unspecified atom stereocenters. The topological polar surface area (TPSA) is 111 Å². The predicted molar refractivity (Wildman–Crippen MR) is 70.4 cm³/mol. The lowest BCUT2D eigenvalue weighted by atomic mass is 10.2. The third-order valence-corrected chi connectivity index (χ3v) is 2.40. The molecule has 0 heterocycles. The minimum absolute atomic E-state index is 0.159. The van der Waals surface area contributed by atoms with E-state index >= 15 is 0 Å². The summed E-state index contributed by atoms with van der Waals surface area (Å²) >= 11 is 0. The van der Waals surface area contributed by atoms with Gasteiger partial charge in [-0.15, -0.1) is 5.11 Å². The summed E-state index contributed by atoms with van der Waals surface area (Å²) in [4.78, 5) is 20.1. The van der Waals surface area contributed by atoms with Crippen LogP contribution in [-0.4, -0.2) is 9.85 Å². The quantitative estimate of drug-likeness (QED) is 0.477. The molecular formula is C12H8N4O4. The first-order valence-corrected chi connectivity index (χ1v) is 5.48. The van der Waals surface area contributed by atoms with Crippen molar-refractivity contribution in [2.24, 2.45) is 10.2 Å². The Kier molecular flexibility index (Phi) is 3.75. The number of rotatable bonds is 4. The van der Waals surface area contributed by atoms with Gasteiger partial charge in [-0.05, 0) is 18.2 Å². The fraction of sp³-hybridized carbons (Fsp3) is 0. The second kappa shape index (κ2) is 5.65. The van der Waals surface area contributed by atoms with Gasteiger partial charge >= 0.3 is 11.4 Å². The van der Waals surface area contributed by atoms with Gasteiger partial charge in [0.15, 0.2) is 5.69 Å². The van der Waals surface area contributed by atoms with E-state index in [0.717, 1.165) is 6.07 Å². The molecule has 0 amide bonds. The number of hydrogen-bond acceptors (Lipinski definition) is 6. The number of hydrogen-bond donors (Lipinski definition) is 0. The zero-order valence-electron chi connectivity index (χ0n) is 10.0. The first kappa shape index (κ1) is 13.3. The molecule has 0 aliphatic heterocycles. The third kappa shape index (κ3) is 2.80. The van der Waals surface area contributed by atoms with Gasteiger partial charge in [-0.1, -0.05) is 24.3 Å². The normalized spacial score (nSPS) is 10.6. The van der Waals surface area contributed by atoms with Crippen molar-refractivity contribution >= 4 is 22.7 Å². The lowest BCUT2D eigenvalue weighted by Crippen LogP contribution is -1.96. The number of nitro benzene ring substituents is 2. The molecule has 0 bridgehead atoms. The van der Waals surface area contributed by atoms with E-state index in [1.54, 1.807) is 30.3 Å². The molecule has 0 saturated heterocycles. The summed E-state index contributed by atoms with van der Waals surface area (Å²) in [6.07, 6.45) is 0. The van der Waals surface area contributed by atoms with Crippen LogP contribution in [0.3, 0.4) is 0 Å². The van der Waals surface area contributed by atoms with Gasteiger partial charge in [0.1, 0.15) is 0 Å². The summed E-state index contributed by atoms with van der Waals surface area (Å²) in [5.74, 6) is 0. The van der Waals surface area contributed by atoms with Crippen LogP contribution in [0.4, 0.5) is 22.7 Å². The third-order valence-electron chi connectivity index (χ3n) is 2.40. The van der Waals surface area contributed by atoms with Crippen molar-refractivity contribution in [3.8, 4) is 0 Å². The fourth-order valence-electron chi connectivity index (χ4n) is 1.54. The lowest BCUT2D eigenvalue weighted by molar-refractivity contribution is -0.421. The number of nitrogens with zero attached hydrogens (tertiary/aromatic N) is 4. The van der Waals surface area contributed by atoms with Crippen LogP contribution in [0.2, 0.25) is 0 Å². The van der Waals surface area contributed by atoms with Gasteiger partial charge < -0.3 is 0 Å². The molecule has 0 aliphatic carbocycles. The summed E-state index contributed by atoms with van der Waals surface area (Å²) in [5, 5.41) is 29.3. The molecular weight excluding hydrogens is 264 g/mol. The highest BCUT2D eigenvalue weighted by molar-refractivity contribution is 5.68. The average Bonchev–Trinajstić information content (AvgIpc) is 2.45. The van der Waals surface area contributed by atoms with E-state index in [9.17, 15) is 20.2 Å². The van der Waals surface area contributed by atoms with Gasteiger partial charge in [-0.3, -0.25) is 20.2 Å². The number of benzene rings is 2. The maximum Gasteiger partial charge on any atom is 0.373 e. The van der Waals surface area contributed by atoms with Crippen LogP contribution >= 0.6 is 0 Å². The Bertz CT molecular complexity index is 685. The Morgan fingerprint density at radius 3 is 2.10 bits per heavy atom. The molecule has 8 heteroatoms. The number of nitro groups is 2. The van der Waals surface area contributed by atoms with E-state index < -0.39 is 21.2 Å². The largest absolute Gasteiger partial charge is 0.373 e. The smallest absolute Gasteiger partial charge is 0.258 e. The Hall–Kier alpha value is -3.16. The molecule has 0 spiro atoms. The average molecular weight is 272 g/mol. The van der Waals surface area contributed by atoms with Crippen LogP contribution in [0.1, 0.15) is 0 Å². The van der Waals surface area contributed by atoms with Gasteiger partial charge in [0.25, 0.3) is 0 Å². The first-order valence-electron chi connectivity index (χ1n) is 5.48. The molecule has 0 atom stereocenters. The molecule has 0 aromatic heterocycles. The second-order valence-corrected chi connectivity index (χ2v) is 3.69. The van der Waals surface area contributed by atoms with Gasteiger partial charge in [-0.2, -0.15) is 5.11 Å². The SMILES string of the molecule is O=[N+]([O-])c1cccc(N=Nc2ccccc2)c1[N+](=O)[O-]. The molecule has 2 rings (SSSR count). The van der Waals surface area contributed by atoms with Crippen LogP contribution in [0.5, 0.6) is 0 Å². The van der Waals surface area contributed by atoms with E-state index in [1.807, 2.05) is 0 Å². The summed E-state index contributed by atoms with van der Waals surface area (Å²) in [7, 11) is 0. The Labute approximate surface area is 112 Å². The molecule has 0 aliphatic rings. The van der Waals surface area contributed by atoms with Crippen molar-refractivity contribution < 1.29 is 9.85 Å². The summed E-state index contributed by atoms with van der Waals surface area (Å²) in [5.41, 5.74) is -0.946. The van der Waals surface area contributed by atoms with Gasteiger partial charge in [0, 0.05) is 6.07 Å². The lowest BCUT2D eigenvalue weighted by Gasteiger charge is -1.97. The summed E-state index contributed by atoms with van der Waals surface area (Å²) < 4.78 is 0. The van der Waals surface area contributed by atoms with Crippen molar-refractivity contribution in [1.82, 2.24) is 0 Å². The molecule has 0 fully saturated rings. The van der Waals surface area contributed by atoms with Crippen molar-refractivity contribution in [1.29, 1.82) is 0 Å². The molecule has 0 saturated carbocycles. The van der Waals surface area contributed by atoms with Crippen LogP contribution in [0, 0.1) is 20.2 Å². The minimum Gasteiger partial charge on any atom is -0.258 e. The van der Waals surface area contributed by atoms with Crippen LogP contribution < -0.4 is 0 Å². The van der Waals surface area contributed by atoms with Crippen LogP contribution in [-0.2, 0) is 0 Å². The van der Waals surface area contributed by atoms with Crippen LogP contribution in [0.15, 0.2) is 58.8 Å². The van der Waals surface area contributed by atoms with Crippen molar-refractivity contribution in [3.05, 3.63) is 68.8 Å². The molecule has 100 valence electrons. The van der Waals surface area contributed by atoms with E-state index in [-0.39, 0.29) is 5.69 Å². The van der Waals surface area contributed by atoms with Crippen molar-refractivity contribution in [3.63, 3.8) is 0 Å². The highest BCUT2D eigenvalue weighted by atomic mass is 16.6. The second-order valence-electron chi connectivity index (χ2n) is 3.69. The van der Waals surface area contributed by atoms with Crippen molar-refractivity contribution in [2.75, 3.05) is 0 Å². The van der Waals surface area contributed by atoms with Crippen LogP contribution in [0.25, 0.3) is 0 Å². The molecule has 20 heavy (non-hydrogen) atoms. The monoisotopic (exact) mass is 272 g/mol. The Morgan fingerprint density at radius 1 is 0.800 bits per heavy atom. The molecule has 2 aromatic rings. The molecule has 0 N–H and O–H groups in total. The summed E-state index contributed by atoms with van der Waals surface area (Å²) in [6, 6.07) is 12.3. The minimum atomic E-state index is -0.836. The van der Waals surface area contributed by atoms with Gasteiger partial charge in [-0.25, -0.2) is 0 Å². The maximum atomic E-state index is 11.0. The van der Waals surface area contributed by atoms with E-state index in [0.29, 0.717) is 5.69 Å². The highest BCUT2D eigenvalue weighted by Gasteiger charge is 2.28. The van der Waals surface area contributed by atoms with E-state index in [2.05, 4.69) is 10.2 Å². The maximum absolute atomic E-state index is 11.0. The molecule has 0 radical (unpaired) electrons.